The van der Waals surface area contributed by atoms with Crippen LogP contribution in [0.15, 0.2) is 72.8 Å². The molecule has 4 heteroatoms. The fourth-order valence-electron chi connectivity index (χ4n) is 3.91. The molecule has 0 aromatic heterocycles. The van der Waals surface area contributed by atoms with Crippen molar-refractivity contribution in [3.05, 3.63) is 94.8 Å². The van der Waals surface area contributed by atoms with Crippen LogP contribution in [0.25, 0.3) is 11.1 Å². The number of likely N-dealkylation sites (tertiary alicyclic amines) is 1. The molecule has 0 spiro atoms. The molecule has 1 saturated heterocycles. The lowest BCUT2D eigenvalue weighted by atomic mass is 9.90. The Balaban J connectivity index is 1.48. The summed E-state index contributed by atoms with van der Waals surface area (Å²) in [6, 6.07) is 21.8. The van der Waals surface area contributed by atoms with E-state index in [1.807, 2.05) is 41.3 Å². The SMILES string of the molecule is C[C@H]1CN(C(=O)c2ccc(-c3ccc(F)cc3)cc2)C[C@@H]1c1ccc(Cl)cc1. The Hall–Kier alpha value is -2.65. The summed E-state index contributed by atoms with van der Waals surface area (Å²) in [6.45, 7) is 3.64. The minimum Gasteiger partial charge on any atom is -0.338 e. The number of benzene rings is 3. The Bertz CT molecular complexity index is 967. The summed E-state index contributed by atoms with van der Waals surface area (Å²) in [5.41, 5.74) is 3.79. The Morgan fingerprint density at radius 2 is 1.46 bits per heavy atom. The van der Waals surface area contributed by atoms with E-state index >= 15 is 0 Å². The van der Waals surface area contributed by atoms with E-state index in [9.17, 15) is 9.18 Å². The molecule has 142 valence electrons. The highest BCUT2D eigenvalue weighted by atomic mass is 35.5. The van der Waals surface area contributed by atoms with Gasteiger partial charge in [0.1, 0.15) is 5.82 Å². The third-order valence-corrected chi connectivity index (χ3v) is 5.76. The number of nitrogens with zero attached hydrogens (tertiary/aromatic N) is 1. The fourth-order valence-corrected chi connectivity index (χ4v) is 4.03. The number of halogens is 2. The average Bonchev–Trinajstić information content (AvgIpc) is 3.10. The predicted molar refractivity (Wildman–Crippen MR) is 111 cm³/mol. The number of rotatable bonds is 3. The van der Waals surface area contributed by atoms with Crippen LogP contribution in [-0.4, -0.2) is 23.9 Å². The van der Waals surface area contributed by atoms with Gasteiger partial charge in [0.2, 0.25) is 0 Å². The highest BCUT2D eigenvalue weighted by Crippen LogP contribution is 2.33. The predicted octanol–water partition coefficient (Wildman–Crippen LogP) is 6.02. The Labute approximate surface area is 169 Å². The molecule has 0 unspecified atom stereocenters. The molecule has 1 heterocycles. The van der Waals surface area contributed by atoms with Gasteiger partial charge in [-0.3, -0.25) is 4.79 Å². The molecule has 0 radical (unpaired) electrons. The van der Waals surface area contributed by atoms with Gasteiger partial charge in [0, 0.05) is 29.6 Å². The van der Waals surface area contributed by atoms with Gasteiger partial charge in [-0.1, -0.05) is 54.9 Å². The molecule has 1 fully saturated rings. The second-order valence-electron chi connectivity index (χ2n) is 7.43. The van der Waals surface area contributed by atoms with Crippen LogP contribution < -0.4 is 0 Å². The Morgan fingerprint density at radius 3 is 2.07 bits per heavy atom. The smallest absolute Gasteiger partial charge is 0.253 e. The fraction of sp³-hybridized carbons (Fsp3) is 0.208. The van der Waals surface area contributed by atoms with Crippen LogP contribution in [0.3, 0.4) is 0 Å². The number of carbonyl (C=O) groups is 1. The van der Waals surface area contributed by atoms with Crippen LogP contribution >= 0.6 is 11.6 Å². The van der Waals surface area contributed by atoms with Crippen LogP contribution in [0.4, 0.5) is 4.39 Å². The van der Waals surface area contributed by atoms with Crippen LogP contribution in [0.1, 0.15) is 28.8 Å². The third-order valence-electron chi connectivity index (χ3n) is 5.51. The van der Waals surface area contributed by atoms with Crippen LogP contribution in [0, 0.1) is 11.7 Å². The van der Waals surface area contributed by atoms with Crippen molar-refractivity contribution < 1.29 is 9.18 Å². The zero-order valence-electron chi connectivity index (χ0n) is 15.6. The minimum absolute atomic E-state index is 0.0500. The van der Waals surface area contributed by atoms with Crippen molar-refractivity contribution in [1.82, 2.24) is 4.90 Å². The topological polar surface area (TPSA) is 20.3 Å². The Morgan fingerprint density at radius 1 is 0.893 bits per heavy atom. The third kappa shape index (κ3) is 3.81. The first kappa shape index (κ1) is 18.7. The summed E-state index contributed by atoms with van der Waals surface area (Å²) in [5, 5.41) is 0.726. The summed E-state index contributed by atoms with van der Waals surface area (Å²) >= 11 is 6.00. The van der Waals surface area contributed by atoms with Gasteiger partial charge in [0.05, 0.1) is 0 Å². The summed E-state index contributed by atoms with van der Waals surface area (Å²) in [7, 11) is 0. The number of amides is 1. The lowest BCUT2D eigenvalue weighted by Gasteiger charge is -2.17. The van der Waals surface area contributed by atoms with E-state index in [0.717, 1.165) is 22.7 Å². The molecule has 1 aliphatic rings. The minimum atomic E-state index is -0.256. The van der Waals surface area contributed by atoms with E-state index in [-0.39, 0.29) is 11.7 Å². The molecule has 4 rings (SSSR count). The molecule has 2 nitrogen and oxygen atoms in total. The zero-order valence-corrected chi connectivity index (χ0v) is 16.4. The molecule has 2 atom stereocenters. The second kappa shape index (κ2) is 7.76. The first-order valence-electron chi connectivity index (χ1n) is 9.42. The summed E-state index contributed by atoms with van der Waals surface area (Å²) in [4.78, 5) is 14.9. The van der Waals surface area contributed by atoms with Crippen molar-refractivity contribution in [2.24, 2.45) is 5.92 Å². The first-order valence-corrected chi connectivity index (χ1v) is 9.80. The highest BCUT2D eigenvalue weighted by Gasteiger charge is 2.33. The van der Waals surface area contributed by atoms with Gasteiger partial charge < -0.3 is 4.90 Å². The van der Waals surface area contributed by atoms with Crippen LogP contribution in [-0.2, 0) is 0 Å². The molecule has 1 aliphatic heterocycles. The quantitative estimate of drug-likeness (QED) is 0.532. The normalized spacial score (nSPS) is 19.0. The van der Waals surface area contributed by atoms with Crippen LogP contribution in [0.5, 0.6) is 0 Å². The van der Waals surface area contributed by atoms with Crippen molar-refractivity contribution in [1.29, 1.82) is 0 Å². The van der Waals surface area contributed by atoms with Crippen molar-refractivity contribution >= 4 is 17.5 Å². The lowest BCUT2D eigenvalue weighted by molar-refractivity contribution is 0.0787. The van der Waals surface area contributed by atoms with Crippen molar-refractivity contribution in [3.8, 4) is 11.1 Å². The molecular weight excluding hydrogens is 373 g/mol. The standard InChI is InChI=1S/C24H21ClFNO/c1-16-14-27(15-23(16)19-6-10-21(25)11-7-19)24(28)20-4-2-17(3-5-20)18-8-12-22(26)13-9-18/h2-13,16,23H,14-15H2,1H3/t16-,23-/m0/s1. The second-order valence-corrected chi connectivity index (χ2v) is 7.87. The summed E-state index contributed by atoms with van der Waals surface area (Å²) in [5.74, 6) is 0.506. The molecule has 0 bridgehead atoms. The van der Waals surface area contributed by atoms with E-state index < -0.39 is 0 Å². The van der Waals surface area contributed by atoms with Gasteiger partial charge in [-0.25, -0.2) is 4.39 Å². The van der Waals surface area contributed by atoms with Gasteiger partial charge in [-0.05, 0) is 59.0 Å². The average molecular weight is 394 g/mol. The van der Waals surface area contributed by atoms with Crippen molar-refractivity contribution in [2.45, 2.75) is 12.8 Å². The molecule has 0 saturated carbocycles. The molecule has 0 aliphatic carbocycles. The van der Waals surface area contributed by atoms with Gasteiger partial charge in [-0.2, -0.15) is 0 Å². The van der Waals surface area contributed by atoms with Gasteiger partial charge in [-0.15, -0.1) is 0 Å². The van der Waals surface area contributed by atoms with Gasteiger partial charge >= 0.3 is 0 Å². The zero-order chi connectivity index (χ0) is 19.7. The van der Waals surface area contributed by atoms with Crippen molar-refractivity contribution in [3.63, 3.8) is 0 Å². The maximum atomic E-state index is 13.1. The molecule has 1 amide bonds. The van der Waals surface area contributed by atoms with E-state index in [4.69, 9.17) is 11.6 Å². The van der Waals surface area contributed by atoms with E-state index in [1.54, 1.807) is 12.1 Å². The maximum Gasteiger partial charge on any atom is 0.253 e. The van der Waals surface area contributed by atoms with E-state index in [0.29, 0.717) is 23.9 Å². The molecular formula is C24H21ClFNO. The molecule has 28 heavy (non-hydrogen) atoms. The Kier molecular flexibility index (Phi) is 5.19. The highest BCUT2D eigenvalue weighted by molar-refractivity contribution is 6.30. The van der Waals surface area contributed by atoms with Gasteiger partial charge in [0.15, 0.2) is 0 Å². The van der Waals surface area contributed by atoms with Crippen LogP contribution in [0.2, 0.25) is 5.02 Å². The lowest BCUT2D eigenvalue weighted by Crippen LogP contribution is -2.28. The largest absolute Gasteiger partial charge is 0.338 e. The van der Waals surface area contributed by atoms with E-state index in [2.05, 4.69) is 19.1 Å². The summed E-state index contributed by atoms with van der Waals surface area (Å²) < 4.78 is 13.1. The molecule has 0 N–H and O–H groups in total. The molecule has 3 aromatic carbocycles. The number of hydrogen-bond donors (Lipinski definition) is 0. The van der Waals surface area contributed by atoms with Crippen molar-refractivity contribution in [2.75, 3.05) is 13.1 Å². The van der Waals surface area contributed by atoms with Gasteiger partial charge in [0.25, 0.3) is 5.91 Å². The maximum absolute atomic E-state index is 13.1. The number of hydrogen-bond acceptors (Lipinski definition) is 1. The monoisotopic (exact) mass is 393 g/mol. The number of carbonyl (C=O) groups excluding carboxylic acids is 1. The first-order chi connectivity index (χ1) is 13.5. The van der Waals surface area contributed by atoms with E-state index in [1.165, 1.54) is 17.7 Å². The molecule has 3 aromatic rings. The summed E-state index contributed by atoms with van der Waals surface area (Å²) in [6.07, 6.45) is 0.